The Kier molecular flexibility index (Phi) is 3.33. The van der Waals surface area contributed by atoms with Crippen molar-refractivity contribution in [3.8, 4) is 0 Å². The van der Waals surface area contributed by atoms with E-state index in [0.29, 0.717) is 0 Å². The Balaban J connectivity index is 2.18. The van der Waals surface area contributed by atoms with Gasteiger partial charge in [0, 0.05) is 0 Å². The highest BCUT2D eigenvalue weighted by atomic mass is 19.4. The van der Waals surface area contributed by atoms with Gasteiger partial charge in [0.15, 0.2) is 5.83 Å². The summed E-state index contributed by atoms with van der Waals surface area (Å²) in [6, 6.07) is 4.22. The number of β-amino-alcohol motifs (C(OH)–C–C–N with tert-alkyl or cyclic N) is 1. The van der Waals surface area contributed by atoms with Crippen molar-refractivity contribution in [1.82, 2.24) is 4.90 Å². The zero-order chi connectivity index (χ0) is 15.1. The van der Waals surface area contributed by atoms with Gasteiger partial charge in [-0.2, -0.15) is 13.2 Å². The molecule has 0 saturated carbocycles. The van der Waals surface area contributed by atoms with Gasteiger partial charge in [-0.1, -0.05) is 18.7 Å². The largest absolute Gasteiger partial charge is 0.416 e. The van der Waals surface area contributed by atoms with Gasteiger partial charge in [0.25, 0.3) is 5.91 Å². The molecule has 2 rings (SSSR count). The first-order valence-electron chi connectivity index (χ1n) is 5.67. The van der Waals surface area contributed by atoms with E-state index in [9.17, 15) is 27.5 Å². The van der Waals surface area contributed by atoms with Gasteiger partial charge in [0.05, 0.1) is 18.7 Å². The third-order valence-corrected chi connectivity index (χ3v) is 3.15. The van der Waals surface area contributed by atoms with E-state index in [4.69, 9.17) is 0 Å². The fourth-order valence-electron chi connectivity index (χ4n) is 2.07. The van der Waals surface area contributed by atoms with Gasteiger partial charge in [0.2, 0.25) is 0 Å². The molecule has 1 amide bonds. The lowest BCUT2D eigenvalue weighted by atomic mass is 9.85. The maximum Gasteiger partial charge on any atom is 0.416 e. The second-order valence-electron chi connectivity index (χ2n) is 4.68. The van der Waals surface area contributed by atoms with E-state index >= 15 is 0 Å². The summed E-state index contributed by atoms with van der Waals surface area (Å²) in [5.74, 6) is -2.14. The molecule has 1 fully saturated rings. The molecule has 1 N–H and O–H groups in total. The van der Waals surface area contributed by atoms with Crippen molar-refractivity contribution in [3.63, 3.8) is 0 Å². The number of alkyl halides is 3. The van der Waals surface area contributed by atoms with Crippen molar-refractivity contribution < 1.29 is 27.5 Å². The average Bonchev–Trinajstić information content (AvgIpc) is 2.33. The van der Waals surface area contributed by atoms with Crippen LogP contribution >= 0.6 is 0 Å². The Bertz CT molecular complexity index is 562. The summed E-state index contributed by atoms with van der Waals surface area (Å²) >= 11 is 0. The molecule has 7 heteroatoms. The maximum atomic E-state index is 12.6. The van der Waals surface area contributed by atoms with E-state index in [-0.39, 0.29) is 18.7 Å². The van der Waals surface area contributed by atoms with Crippen LogP contribution < -0.4 is 0 Å². The first kappa shape index (κ1) is 14.5. The number of likely N-dealkylation sites (tertiary alicyclic amines) is 1. The normalized spacial score (nSPS) is 17.6. The van der Waals surface area contributed by atoms with Gasteiger partial charge in [-0.05, 0) is 17.7 Å². The van der Waals surface area contributed by atoms with Crippen molar-refractivity contribution in [2.24, 2.45) is 0 Å². The number of halogens is 4. The number of rotatable bonds is 2. The minimum atomic E-state index is -4.52. The van der Waals surface area contributed by atoms with E-state index in [1.165, 1.54) is 12.1 Å². The third-order valence-electron chi connectivity index (χ3n) is 3.15. The predicted octanol–water partition coefficient (Wildman–Crippen LogP) is 2.22. The van der Waals surface area contributed by atoms with Crippen LogP contribution in [0.25, 0.3) is 0 Å². The van der Waals surface area contributed by atoms with Gasteiger partial charge in [-0.3, -0.25) is 4.79 Å². The van der Waals surface area contributed by atoms with Crippen molar-refractivity contribution in [2.45, 2.75) is 11.8 Å². The Morgan fingerprint density at radius 2 is 1.95 bits per heavy atom. The van der Waals surface area contributed by atoms with Crippen molar-refractivity contribution >= 4 is 5.91 Å². The van der Waals surface area contributed by atoms with Crippen LogP contribution in [0, 0.1) is 0 Å². The molecule has 20 heavy (non-hydrogen) atoms. The topological polar surface area (TPSA) is 40.5 Å². The molecule has 1 saturated heterocycles. The van der Waals surface area contributed by atoms with Crippen LogP contribution in [0.15, 0.2) is 36.7 Å². The number of aliphatic hydroxyl groups is 1. The van der Waals surface area contributed by atoms with Crippen molar-refractivity contribution in [2.75, 3.05) is 13.1 Å². The first-order chi connectivity index (χ1) is 9.13. The summed E-state index contributed by atoms with van der Waals surface area (Å²) in [5.41, 5.74) is -2.43. The second kappa shape index (κ2) is 4.59. The van der Waals surface area contributed by atoms with Crippen molar-refractivity contribution in [3.05, 3.63) is 47.8 Å². The molecule has 0 spiro atoms. The Morgan fingerprint density at radius 1 is 1.35 bits per heavy atom. The maximum absolute atomic E-state index is 12.6. The molecule has 1 heterocycles. The zero-order valence-corrected chi connectivity index (χ0v) is 10.2. The van der Waals surface area contributed by atoms with E-state index in [1.807, 2.05) is 0 Å². The SMILES string of the molecule is C=C(F)C(=O)N1CC(O)(c2cccc(C(F)(F)F)c2)C1. The average molecular weight is 289 g/mol. The van der Waals surface area contributed by atoms with Crippen LogP contribution in [-0.2, 0) is 16.6 Å². The molecule has 1 aromatic rings. The number of nitrogens with zero attached hydrogens (tertiary/aromatic N) is 1. The molecule has 3 nitrogen and oxygen atoms in total. The molecule has 0 atom stereocenters. The van der Waals surface area contributed by atoms with Crippen LogP contribution in [0.1, 0.15) is 11.1 Å². The van der Waals surface area contributed by atoms with E-state index in [1.54, 1.807) is 0 Å². The predicted molar refractivity (Wildman–Crippen MR) is 62.2 cm³/mol. The number of hydrogen-bond acceptors (Lipinski definition) is 2. The van der Waals surface area contributed by atoms with Crippen LogP contribution in [0.5, 0.6) is 0 Å². The molecule has 0 unspecified atom stereocenters. The fraction of sp³-hybridized carbons (Fsp3) is 0.308. The minimum Gasteiger partial charge on any atom is -0.381 e. The summed E-state index contributed by atoms with van der Waals surface area (Å²) in [5, 5.41) is 10.2. The molecule has 1 aliphatic rings. The molecule has 0 radical (unpaired) electrons. The number of amides is 1. The highest BCUT2D eigenvalue weighted by Gasteiger charge is 2.46. The molecule has 1 aliphatic heterocycles. The van der Waals surface area contributed by atoms with Gasteiger partial charge < -0.3 is 10.0 Å². The van der Waals surface area contributed by atoms with Gasteiger partial charge in [0.1, 0.15) is 5.60 Å². The third kappa shape index (κ3) is 2.53. The highest BCUT2D eigenvalue weighted by molar-refractivity contribution is 5.91. The number of carbonyl (C=O) groups excluding carboxylic acids is 1. The Hall–Kier alpha value is -1.89. The van der Waals surface area contributed by atoms with Gasteiger partial charge in [-0.15, -0.1) is 0 Å². The van der Waals surface area contributed by atoms with Gasteiger partial charge >= 0.3 is 6.18 Å². The second-order valence-corrected chi connectivity index (χ2v) is 4.68. The Labute approximate surface area is 112 Å². The summed E-state index contributed by atoms with van der Waals surface area (Å²) in [6.45, 7) is 2.30. The quantitative estimate of drug-likeness (QED) is 0.670. The molecule has 1 aromatic carbocycles. The summed E-state index contributed by atoms with van der Waals surface area (Å²) in [6.07, 6.45) is -4.52. The van der Waals surface area contributed by atoms with E-state index < -0.39 is 29.1 Å². The highest BCUT2D eigenvalue weighted by Crippen LogP contribution is 2.36. The molecule has 108 valence electrons. The first-order valence-corrected chi connectivity index (χ1v) is 5.67. The van der Waals surface area contributed by atoms with Crippen LogP contribution in [-0.4, -0.2) is 29.0 Å². The summed E-state index contributed by atoms with van der Waals surface area (Å²) in [7, 11) is 0. The van der Waals surface area contributed by atoms with Crippen LogP contribution in [0.4, 0.5) is 17.6 Å². The standard InChI is InChI=1S/C13H11F4NO2/c1-8(14)11(19)18-6-12(20,7-18)9-3-2-4-10(5-9)13(15,16)17/h2-5,20H,1,6-7H2. The lowest BCUT2D eigenvalue weighted by Crippen LogP contribution is -2.61. The monoisotopic (exact) mass is 289 g/mol. The molecule has 0 aromatic heterocycles. The molecular weight excluding hydrogens is 278 g/mol. The number of benzene rings is 1. The smallest absolute Gasteiger partial charge is 0.381 e. The van der Waals surface area contributed by atoms with Crippen LogP contribution in [0.2, 0.25) is 0 Å². The van der Waals surface area contributed by atoms with Gasteiger partial charge in [-0.25, -0.2) is 4.39 Å². The minimum absolute atomic E-state index is 0.0424. The summed E-state index contributed by atoms with van der Waals surface area (Å²) in [4.78, 5) is 12.2. The number of carbonyl (C=O) groups is 1. The fourth-order valence-corrected chi connectivity index (χ4v) is 2.07. The molecule has 0 bridgehead atoms. The Morgan fingerprint density at radius 3 is 2.45 bits per heavy atom. The molecule has 0 aliphatic carbocycles. The lowest BCUT2D eigenvalue weighted by Gasteiger charge is -2.46. The zero-order valence-electron chi connectivity index (χ0n) is 10.2. The van der Waals surface area contributed by atoms with E-state index in [0.717, 1.165) is 17.0 Å². The number of hydrogen-bond donors (Lipinski definition) is 1. The lowest BCUT2D eigenvalue weighted by molar-refractivity contribution is -0.155. The van der Waals surface area contributed by atoms with Crippen molar-refractivity contribution in [1.29, 1.82) is 0 Å². The molecular formula is C13H11F4NO2. The van der Waals surface area contributed by atoms with Crippen LogP contribution in [0.3, 0.4) is 0 Å². The summed E-state index contributed by atoms with van der Waals surface area (Å²) < 4.78 is 50.4. The van der Waals surface area contributed by atoms with E-state index in [2.05, 4.69) is 6.58 Å².